The van der Waals surface area contributed by atoms with Crippen LogP contribution in [0.15, 0.2) is 35.3 Å². The van der Waals surface area contributed by atoms with Crippen molar-refractivity contribution in [3.63, 3.8) is 0 Å². The first-order valence-electron chi connectivity index (χ1n) is 9.73. The summed E-state index contributed by atoms with van der Waals surface area (Å²) in [6, 6.07) is 8.30. The van der Waals surface area contributed by atoms with E-state index in [2.05, 4.69) is 20.7 Å². The van der Waals surface area contributed by atoms with E-state index < -0.39 is 4.92 Å². The molecule has 0 saturated carbocycles. The molecule has 0 bridgehead atoms. The zero-order valence-electron chi connectivity index (χ0n) is 18.3. The van der Waals surface area contributed by atoms with Crippen molar-refractivity contribution in [2.75, 3.05) is 27.2 Å². The molecular weight excluding hydrogens is 513 g/mol. The molecule has 0 aliphatic carbocycles. The number of aliphatic imine (C=N–C) groups is 1. The lowest BCUT2D eigenvalue weighted by atomic mass is 10.2. The number of halogens is 1. The Morgan fingerprint density at radius 3 is 2.45 bits per heavy atom. The standard InChI is InChI=1S/C20H29N7O3.HI/c1-15-12-16(2)26(24-15)11-5-10-21-20(23-14-19(28)25(3)4)22-13-17-6-8-18(9-7-17)27(29)30;/h6-9,12H,5,10-11,13-14H2,1-4H3,(H2,21,22,23);1H. The number of likely N-dealkylation sites (N-methyl/N-ethyl adjacent to an activating group) is 1. The maximum atomic E-state index is 11.9. The third-order valence-electron chi connectivity index (χ3n) is 4.42. The van der Waals surface area contributed by atoms with Crippen molar-refractivity contribution in [2.45, 2.75) is 33.4 Å². The van der Waals surface area contributed by atoms with Gasteiger partial charge in [-0.2, -0.15) is 5.10 Å². The summed E-state index contributed by atoms with van der Waals surface area (Å²) in [5.74, 6) is 0.444. The topological polar surface area (TPSA) is 118 Å². The van der Waals surface area contributed by atoms with Crippen LogP contribution in [0.3, 0.4) is 0 Å². The number of nitrogens with zero attached hydrogens (tertiary/aromatic N) is 5. The Morgan fingerprint density at radius 1 is 1.23 bits per heavy atom. The van der Waals surface area contributed by atoms with Crippen molar-refractivity contribution in [1.82, 2.24) is 25.3 Å². The van der Waals surface area contributed by atoms with Gasteiger partial charge in [-0.15, -0.1) is 24.0 Å². The van der Waals surface area contributed by atoms with Crippen LogP contribution in [0.1, 0.15) is 23.4 Å². The number of non-ortho nitro benzene ring substituents is 1. The highest BCUT2D eigenvalue weighted by Crippen LogP contribution is 2.12. The second-order valence-corrected chi connectivity index (χ2v) is 7.16. The molecule has 1 aromatic carbocycles. The van der Waals surface area contributed by atoms with Crippen LogP contribution in [-0.2, 0) is 17.9 Å². The Bertz CT molecular complexity index is 895. The largest absolute Gasteiger partial charge is 0.356 e. The number of amides is 1. The average molecular weight is 543 g/mol. The lowest BCUT2D eigenvalue weighted by molar-refractivity contribution is -0.384. The molecule has 0 atom stereocenters. The third-order valence-corrected chi connectivity index (χ3v) is 4.42. The van der Waals surface area contributed by atoms with E-state index in [0.717, 1.165) is 29.9 Å². The molecule has 11 heteroatoms. The van der Waals surface area contributed by atoms with Gasteiger partial charge in [-0.3, -0.25) is 19.6 Å². The van der Waals surface area contributed by atoms with E-state index in [-0.39, 0.29) is 42.1 Å². The average Bonchev–Trinajstić information content (AvgIpc) is 3.03. The van der Waals surface area contributed by atoms with E-state index in [0.29, 0.717) is 19.0 Å². The third kappa shape index (κ3) is 8.90. The molecule has 0 unspecified atom stereocenters. The molecule has 170 valence electrons. The summed E-state index contributed by atoms with van der Waals surface area (Å²) >= 11 is 0. The smallest absolute Gasteiger partial charge is 0.269 e. The van der Waals surface area contributed by atoms with Crippen molar-refractivity contribution < 1.29 is 9.72 Å². The van der Waals surface area contributed by atoms with Crippen molar-refractivity contribution in [2.24, 2.45) is 4.99 Å². The normalized spacial score (nSPS) is 10.9. The van der Waals surface area contributed by atoms with E-state index in [9.17, 15) is 14.9 Å². The summed E-state index contributed by atoms with van der Waals surface area (Å²) in [7, 11) is 3.39. The first-order valence-corrected chi connectivity index (χ1v) is 9.73. The van der Waals surface area contributed by atoms with Crippen LogP contribution in [-0.4, -0.2) is 58.7 Å². The lowest BCUT2D eigenvalue weighted by Crippen LogP contribution is -2.43. The Hall–Kier alpha value is -2.70. The Labute approximate surface area is 199 Å². The molecule has 2 rings (SSSR count). The fourth-order valence-corrected chi connectivity index (χ4v) is 2.72. The van der Waals surface area contributed by atoms with Crippen LogP contribution < -0.4 is 10.6 Å². The molecule has 1 aromatic heterocycles. The highest BCUT2D eigenvalue weighted by molar-refractivity contribution is 14.0. The van der Waals surface area contributed by atoms with Gasteiger partial charge in [0.2, 0.25) is 5.91 Å². The van der Waals surface area contributed by atoms with Gasteiger partial charge in [0, 0.05) is 45.0 Å². The fourth-order valence-electron chi connectivity index (χ4n) is 2.72. The van der Waals surface area contributed by atoms with Crippen molar-refractivity contribution in [3.8, 4) is 0 Å². The van der Waals surface area contributed by atoms with Gasteiger partial charge in [-0.1, -0.05) is 12.1 Å². The Kier molecular flexibility index (Phi) is 10.9. The van der Waals surface area contributed by atoms with Crippen molar-refractivity contribution >= 4 is 41.5 Å². The first-order chi connectivity index (χ1) is 14.3. The van der Waals surface area contributed by atoms with Gasteiger partial charge in [0.1, 0.15) is 0 Å². The fraction of sp³-hybridized carbons (Fsp3) is 0.450. The molecule has 31 heavy (non-hydrogen) atoms. The predicted molar refractivity (Wildman–Crippen MR) is 131 cm³/mol. The van der Waals surface area contributed by atoms with E-state index in [1.807, 2.05) is 24.6 Å². The molecule has 0 spiro atoms. The summed E-state index contributed by atoms with van der Waals surface area (Å²) in [6.45, 7) is 5.88. The van der Waals surface area contributed by atoms with Gasteiger partial charge in [-0.25, -0.2) is 4.99 Å². The quantitative estimate of drug-likeness (QED) is 0.125. The van der Waals surface area contributed by atoms with E-state index in [4.69, 9.17) is 0 Å². The molecule has 0 aliphatic rings. The summed E-state index contributed by atoms with van der Waals surface area (Å²) in [4.78, 5) is 28.2. The van der Waals surface area contributed by atoms with Gasteiger partial charge in [0.15, 0.2) is 5.96 Å². The van der Waals surface area contributed by atoms with Crippen LogP contribution in [0.2, 0.25) is 0 Å². The number of hydrogen-bond acceptors (Lipinski definition) is 5. The van der Waals surface area contributed by atoms with E-state index in [1.54, 1.807) is 26.2 Å². The minimum atomic E-state index is -0.433. The molecular formula is C20H30IN7O3. The number of nitro groups is 1. The molecule has 0 saturated heterocycles. The molecule has 0 aliphatic heterocycles. The minimum absolute atomic E-state index is 0. The minimum Gasteiger partial charge on any atom is -0.356 e. The highest BCUT2D eigenvalue weighted by Gasteiger charge is 2.07. The van der Waals surface area contributed by atoms with Gasteiger partial charge < -0.3 is 15.5 Å². The monoisotopic (exact) mass is 543 g/mol. The van der Waals surface area contributed by atoms with Crippen molar-refractivity contribution in [1.29, 1.82) is 0 Å². The van der Waals surface area contributed by atoms with Crippen LogP contribution in [0.5, 0.6) is 0 Å². The number of guanidine groups is 1. The van der Waals surface area contributed by atoms with Crippen LogP contribution in [0.4, 0.5) is 5.69 Å². The maximum Gasteiger partial charge on any atom is 0.269 e. The van der Waals surface area contributed by atoms with Gasteiger partial charge in [0.05, 0.1) is 23.7 Å². The lowest BCUT2D eigenvalue weighted by Gasteiger charge is -2.15. The van der Waals surface area contributed by atoms with Gasteiger partial charge in [0.25, 0.3) is 5.69 Å². The summed E-state index contributed by atoms with van der Waals surface area (Å²) in [6.07, 6.45) is 0.835. The summed E-state index contributed by atoms with van der Waals surface area (Å²) in [5.41, 5.74) is 2.99. The zero-order valence-corrected chi connectivity index (χ0v) is 20.6. The number of aryl methyl sites for hydroxylation is 3. The maximum absolute atomic E-state index is 11.9. The summed E-state index contributed by atoms with van der Waals surface area (Å²) < 4.78 is 1.97. The predicted octanol–water partition coefficient (Wildman–Crippen LogP) is 2.24. The number of benzene rings is 1. The summed E-state index contributed by atoms with van der Waals surface area (Å²) in [5, 5.41) is 21.5. The number of hydrogen-bond donors (Lipinski definition) is 2. The highest BCUT2D eigenvalue weighted by atomic mass is 127. The number of carbonyl (C=O) groups excluding carboxylic acids is 1. The molecule has 1 amide bonds. The van der Waals surface area contributed by atoms with Gasteiger partial charge in [-0.05, 0) is 31.9 Å². The Morgan fingerprint density at radius 2 is 1.90 bits per heavy atom. The number of nitrogens with one attached hydrogen (secondary N) is 2. The van der Waals surface area contributed by atoms with E-state index in [1.165, 1.54) is 17.0 Å². The first kappa shape index (κ1) is 26.3. The zero-order chi connectivity index (χ0) is 22.1. The second-order valence-electron chi connectivity index (χ2n) is 7.16. The molecule has 0 fully saturated rings. The molecule has 0 radical (unpaired) electrons. The number of rotatable bonds is 9. The number of aromatic nitrogens is 2. The van der Waals surface area contributed by atoms with Crippen LogP contribution in [0.25, 0.3) is 0 Å². The molecule has 1 heterocycles. The molecule has 2 N–H and O–H groups in total. The van der Waals surface area contributed by atoms with E-state index >= 15 is 0 Å². The van der Waals surface area contributed by atoms with Crippen LogP contribution in [0, 0.1) is 24.0 Å². The molecule has 10 nitrogen and oxygen atoms in total. The van der Waals surface area contributed by atoms with Crippen LogP contribution >= 0.6 is 24.0 Å². The number of carbonyl (C=O) groups is 1. The SMILES string of the molecule is Cc1cc(C)n(CCCNC(=NCc2ccc([N+](=O)[O-])cc2)NCC(=O)N(C)C)n1.I. The second kappa shape index (κ2) is 12.9. The van der Waals surface area contributed by atoms with Gasteiger partial charge >= 0.3 is 0 Å². The number of nitro benzene ring substituents is 1. The molecule has 2 aromatic rings. The van der Waals surface area contributed by atoms with Crippen molar-refractivity contribution in [3.05, 3.63) is 57.4 Å². The Balaban J connectivity index is 0.00000480.